The van der Waals surface area contributed by atoms with Crippen LogP contribution in [-0.2, 0) is 4.79 Å². The lowest BCUT2D eigenvalue weighted by molar-refractivity contribution is -0.122. The molecule has 2 aromatic rings. The summed E-state index contributed by atoms with van der Waals surface area (Å²) in [5.74, 6) is -1.43. The summed E-state index contributed by atoms with van der Waals surface area (Å²) in [6.45, 7) is 0.0817. The van der Waals surface area contributed by atoms with Gasteiger partial charge in [0, 0.05) is 23.7 Å². The fourth-order valence-electron chi connectivity index (χ4n) is 2.44. The van der Waals surface area contributed by atoms with Crippen LogP contribution in [-0.4, -0.2) is 35.0 Å². The van der Waals surface area contributed by atoms with Crippen molar-refractivity contribution in [1.29, 1.82) is 0 Å². The zero-order valence-corrected chi connectivity index (χ0v) is 15.5. The van der Waals surface area contributed by atoms with Crippen LogP contribution < -0.4 is 5.32 Å². The molecular weight excluding hydrogens is 391 g/mol. The molecule has 1 N–H and O–H groups in total. The molecule has 0 unspecified atom stereocenters. The number of nitrogens with zero attached hydrogens (tertiary/aromatic N) is 1. The first kappa shape index (κ1) is 19.1. The highest BCUT2D eigenvalue weighted by atomic mass is 35.5. The first-order chi connectivity index (χ1) is 13.0. The van der Waals surface area contributed by atoms with E-state index in [-0.39, 0.29) is 23.6 Å². The first-order valence-corrected chi connectivity index (χ1v) is 9.19. The van der Waals surface area contributed by atoms with Crippen LogP contribution in [0.25, 0.3) is 6.08 Å². The molecule has 0 spiro atoms. The van der Waals surface area contributed by atoms with E-state index in [2.05, 4.69) is 5.32 Å². The van der Waals surface area contributed by atoms with Crippen LogP contribution in [0.4, 0.5) is 9.18 Å². The van der Waals surface area contributed by atoms with Crippen LogP contribution in [0.15, 0.2) is 53.4 Å². The number of rotatable bonds is 5. The minimum atomic E-state index is -0.515. The number of carbonyl (C=O) groups excluding carboxylic acids is 3. The van der Waals surface area contributed by atoms with Crippen LogP contribution in [0.1, 0.15) is 15.9 Å². The van der Waals surface area contributed by atoms with Crippen molar-refractivity contribution in [3.8, 4) is 0 Å². The number of imide groups is 1. The highest BCUT2D eigenvalue weighted by Crippen LogP contribution is 2.33. The van der Waals surface area contributed by atoms with Gasteiger partial charge in [-0.05, 0) is 47.7 Å². The Morgan fingerprint density at radius 3 is 2.70 bits per heavy atom. The van der Waals surface area contributed by atoms with Gasteiger partial charge in [-0.15, -0.1) is 0 Å². The number of benzene rings is 2. The van der Waals surface area contributed by atoms with Crippen LogP contribution in [0.5, 0.6) is 0 Å². The van der Waals surface area contributed by atoms with Crippen molar-refractivity contribution >= 4 is 46.5 Å². The molecule has 0 aromatic heterocycles. The van der Waals surface area contributed by atoms with Gasteiger partial charge in [-0.2, -0.15) is 0 Å². The Balaban J connectivity index is 1.61. The Labute approximate surface area is 164 Å². The Morgan fingerprint density at radius 1 is 1.19 bits per heavy atom. The highest BCUT2D eigenvalue weighted by Gasteiger charge is 2.34. The number of nitrogens with one attached hydrogen (secondary N) is 1. The lowest BCUT2D eigenvalue weighted by Crippen LogP contribution is -2.37. The second-order valence-corrected chi connectivity index (χ2v) is 7.02. The van der Waals surface area contributed by atoms with E-state index in [1.807, 2.05) is 0 Å². The Morgan fingerprint density at radius 2 is 1.96 bits per heavy atom. The van der Waals surface area contributed by atoms with Crippen molar-refractivity contribution in [3.63, 3.8) is 0 Å². The van der Waals surface area contributed by atoms with Gasteiger partial charge in [-0.1, -0.05) is 35.9 Å². The third-order valence-electron chi connectivity index (χ3n) is 3.77. The maximum Gasteiger partial charge on any atom is 0.293 e. The minimum absolute atomic E-state index is 0.0194. The third kappa shape index (κ3) is 4.56. The second-order valence-electron chi connectivity index (χ2n) is 5.62. The number of hydrogen-bond acceptors (Lipinski definition) is 4. The zero-order chi connectivity index (χ0) is 19.4. The molecule has 2 aromatic carbocycles. The van der Waals surface area contributed by atoms with Crippen LogP contribution in [0.3, 0.4) is 0 Å². The summed E-state index contributed by atoms with van der Waals surface area (Å²) in [6, 6.07) is 12.3. The number of hydrogen-bond donors (Lipinski definition) is 1. The third-order valence-corrected chi connectivity index (χ3v) is 5.02. The topological polar surface area (TPSA) is 66.5 Å². The summed E-state index contributed by atoms with van der Waals surface area (Å²) in [7, 11) is 0. The summed E-state index contributed by atoms with van der Waals surface area (Å²) < 4.78 is 13.2. The molecule has 5 nitrogen and oxygen atoms in total. The quantitative estimate of drug-likeness (QED) is 0.766. The van der Waals surface area contributed by atoms with E-state index in [0.29, 0.717) is 10.6 Å². The van der Waals surface area contributed by atoms with Crippen LogP contribution >= 0.6 is 23.4 Å². The number of carbonyl (C=O) groups is 3. The predicted molar refractivity (Wildman–Crippen MR) is 103 cm³/mol. The van der Waals surface area contributed by atoms with Gasteiger partial charge in [0.2, 0.25) is 0 Å². The average Bonchev–Trinajstić information content (AvgIpc) is 2.91. The molecule has 1 heterocycles. The number of amides is 3. The Bertz CT molecular complexity index is 948. The van der Waals surface area contributed by atoms with Gasteiger partial charge < -0.3 is 5.32 Å². The first-order valence-electron chi connectivity index (χ1n) is 7.99. The SMILES string of the molecule is O=C(NCCN1C(=O)S/C(=C\c2ccccc2Cl)C1=O)c1cccc(F)c1. The van der Waals surface area contributed by atoms with Crippen molar-refractivity contribution < 1.29 is 18.8 Å². The van der Waals surface area contributed by atoms with Gasteiger partial charge in [-0.3, -0.25) is 19.3 Å². The Kier molecular flexibility index (Phi) is 5.93. The van der Waals surface area contributed by atoms with E-state index < -0.39 is 22.9 Å². The lowest BCUT2D eigenvalue weighted by Gasteiger charge is -2.13. The predicted octanol–water partition coefficient (Wildman–Crippen LogP) is 3.95. The van der Waals surface area contributed by atoms with Gasteiger partial charge in [-0.25, -0.2) is 4.39 Å². The van der Waals surface area contributed by atoms with E-state index in [1.54, 1.807) is 30.3 Å². The molecule has 3 amide bonds. The minimum Gasteiger partial charge on any atom is -0.350 e. The fraction of sp³-hybridized carbons (Fsp3) is 0.105. The van der Waals surface area contributed by atoms with Gasteiger partial charge in [0.25, 0.3) is 17.1 Å². The highest BCUT2D eigenvalue weighted by molar-refractivity contribution is 8.18. The molecule has 0 bridgehead atoms. The van der Waals surface area contributed by atoms with E-state index >= 15 is 0 Å². The maximum absolute atomic E-state index is 13.2. The second kappa shape index (κ2) is 8.37. The van der Waals surface area contributed by atoms with Crippen LogP contribution in [0.2, 0.25) is 5.02 Å². The normalized spacial score (nSPS) is 15.5. The molecule has 27 heavy (non-hydrogen) atoms. The van der Waals surface area contributed by atoms with Crippen molar-refractivity contribution in [2.75, 3.05) is 13.1 Å². The molecule has 1 aliphatic rings. The van der Waals surface area contributed by atoms with E-state index in [4.69, 9.17) is 11.6 Å². The number of halogens is 2. The molecule has 1 saturated heterocycles. The molecule has 138 valence electrons. The maximum atomic E-state index is 13.2. The van der Waals surface area contributed by atoms with E-state index in [9.17, 15) is 18.8 Å². The molecule has 0 radical (unpaired) electrons. The molecule has 0 atom stereocenters. The van der Waals surface area contributed by atoms with Crippen molar-refractivity contribution in [1.82, 2.24) is 10.2 Å². The van der Waals surface area contributed by atoms with Gasteiger partial charge in [0.1, 0.15) is 5.82 Å². The molecule has 1 fully saturated rings. The molecule has 0 saturated carbocycles. The molecule has 8 heteroatoms. The standard InChI is InChI=1S/C19H14ClFN2O3S/c20-15-7-2-1-4-12(15)11-16-18(25)23(19(26)27-16)9-8-22-17(24)13-5-3-6-14(21)10-13/h1-7,10-11H,8-9H2,(H,22,24)/b16-11-. The molecular formula is C19H14ClFN2O3S. The van der Waals surface area contributed by atoms with Crippen molar-refractivity contribution in [3.05, 3.63) is 75.4 Å². The molecule has 1 aliphatic heterocycles. The van der Waals surface area contributed by atoms with Crippen molar-refractivity contribution in [2.45, 2.75) is 0 Å². The summed E-state index contributed by atoms with van der Waals surface area (Å²) in [4.78, 5) is 37.8. The smallest absolute Gasteiger partial charge is 0.293 e. The van der Waals surface area contributed by atoms with Crippen molar-refractivity contribution in [2.24, 2.45) is 0 Å². The van der Waals surface area contributed by atoms with Gasteiger partial charge >= 0.3 is 0 Å². The summed E-state index contributed by atoms with van der Waals surface area (Å²) in [6.07, 6.45) is 1.57. The van der Waals surface area contributed by atoms with Gasteiger partial charge in [0.15, 0.2) is 0 Å². The summed E-state index contributed by atoms with van der Waals surface area (Å²) in [5.41, 5.74) is 0.812. The van der Waals surface area contributed by atoms with E-state index in [0.717, 1.165) is 22.7 Å². The van der Waals surface area contributed by atoms with E-state index in [1.165, 1.54) is 18.2 Å². The molecule has 0 aliphatic carbocycles. The summed E-state index contributed by atoms with van der Waals surface area (Å²) in [5, 5.41) is 2.63. The lowest BCUT2D eigenvalue weighted by atomic mass is 10.2. The zero-order valence-electron chi connectivity index (χ0n) is 13.9. The van der Waals surface area contributed by atoms with Crippen LogP contribution in [0, 0.1) is 5.82 Å². The Hall–Kier alpha value is -2.64. The average molecular weight is 405 g/mol. The summed E-state index contributed by atoms with van der Waals surface area (Å²) >= 11 is 6.89. The molecule has 3 rings (SSSR count). The fourth-order valence-corrected chi connectivity index (χ4v) is 3.49. The monoisotopic (exact) mass is 404 g/mol. The largest absolute Gasteiger partial charge is 0.350 e. The van der Waals surface area contributed by atoms with Gasteiger partial charge in [0.05, 0.1) is 4.91 Å². The number of thioether (sulfide) groups is 1.